The Bertz CT molecular complexity index is 474. The monoisotopic (exact) mass is 278 g/mol. The number of hydrogen-bond acceptors (Lipinski definition) is 4. The zero-order chi connectivity index (χ0) is 15.0. The van der Waals surface area contributed by atoms with Gasteiger partial charge in [-0.2, -0.15) is 0 Å². The molecule has 3 N–H and O–H groups in total. The van der Waals surface area contributed by atoms with Crippen molar-refractivity contribution in [2.45, 2.75) is 27.2 Å². The van der Waals surface area contributed by atoms with Gasteiger partial charge in [0.25, 0.3) is 5.91 Å². The van der Waals surface area contributed by atoms with Crippen LogP contribution >= 0.6 is 0 Å². The Kier molecular flexibility index (Phi) is 6.49. The van der Waals surface area contributed by atoms with Gasteiger partial charge in [-0.15, -0.1) is 0 Å². The number of aryl methyl sites for hydroxylation is 1. The van der Waals surface area contributed by atoms with Gasteiger partial charge in [-0.25, -0.2) is 0 Å². The fraction of sp³-hybridized carbons (Fsp3) is 0.500. The van der Waals surface area contributed by atoms with Gasteiger partial charge in [0, 0.05) is 25.0 Å². The molecular weight excluding hydrogens is 256 g/mol. The number of nitrogens with zero attached hydrogens (tertiary/aromatic N) is 1. The van der Waals surface area contributed by atoms with E-state index in [-0.39, 0.29) is 18.4 Å². The van der Waals surface area contributed by atoms with Crippen LogP contribution in [0.5, 0.6) is 0 Å². The van der Waals surface area contributed by atoms with Gasteiger partial charge in [0.15, 0.2) is 0 Å². The number of carbonyl (C=O) groups excluding carboxylic acids is 2. The summed E-state index contributed by atoms with van der Waals surface area (Å²) in [6.07, 6.45) is 2.39. The Morgan fingerprint density at radius 2 is 2.00 bits per heavy atom. The van der Waals surface area contributed by atoms with Crippen molar-refractivity contribution < 1.29 is 9.59 Å². The van der Waals surface area contributed by atoms with Crippen molar-refractivity contribution in [3.63, 3.8) is 0 Å². The number of pyridine rings is 1. The number of hydrogen-bond donors (Lipinski definition) is 3. The molecule has 0 fully saturated rings. The van der Waals surface area contributed by atoms with Crippen LogP contribution in [0.25, 0.3) is 0 Å². The number of anilines is 1. The molecule has 0 saturated heterocycles. The fourth-order valence-electron chi connectivity index (χ4n) is 1.66. The summed E-state index contributed by atoms with van der Waals surface area (Å²) in [6.45, 7) is 7.08. The van der Waals surface area contributed by atoms with Crippen LogP contribution in [0.3, 0.4) is 0 Å². The smallest absolute Gasteiger partial charge is 0.255 e. The third kappa shape index (κ3) is 4.87. The van der Waals surface area contributed by atoms with Crippen LogP contribution in [0.2, 0.25) is 0 Å². The summed E-state index contributed by atoms with van der Waals surface area (Å²) in [7, 11) is 0. The minimum absolute atomic E-state index is 0.0295. The summed E-state index contributed by atoms with van der Waals surface area (Å²) in [5.41, 5.74) is 2.00. The average molecular weight is 278 g/mol. The summed E-state index contributed by atoms with van der Waals surface area (Å²) < 4.78 is 0. The Morgan fingerprint density at radius 3 is 2.65 bits per heavy atom. The minimum Gasteiger partial charge on any atom is -0.385 e. The first-order chi connectivity index (χ1) is 9.58. The second-order valence-electron chi connectivity index (χ2n) is 4.43. The van der Waals surface area contributed by atoms with Crippen LogP contribution in [0.1, 0.15) is 36.3 Å². The Hall–Kier alpha value is -2.11. The van der Waals surface area contributed by atoms with Crippen molar-refractivity contribution in [2.75, 3.05) is 25.0 Å². The van der Waals surface area contributed by atoms with Crippen LogP contribution in [-0.2, 0) is 4.79 Å². The zero-order valence-corrected chi connectivity index (χ0v) is 12.2. The molecule has 1 aromatic rings. The lowest BCUT2D eigenvalue weighted by atomic mass is 10.2. The van der Waals surface area contributed by atoms with E-state index in [1.54, 1.807) is 0 Å². The summed E-state index contributed by atoms with van der Waals surface area (Å²) in [5, 5.41) is 8.42. The summed E-state index contributed by atoms with van der Waals surface area (Å²) in [5.74, 6) is -0.495. The molecule has 0 radical (unpaired) electrons. The first-order valence-electron chi connectivity index (χ1n) is 6.83. The highest BCUT2D eigenvalue weighted by Crippen LogP contribution is 2.15. The number of carbonyl (C=O) groups is 2. The van der Waals surface area contributed by atoms with Gasteiger partial charge in [0.1, 0.15) is 0 Å². The highest BCUT2D eigenvalue weighted by Gasteiger charge is 2.13. The van der Waals surface area contributed by atoms with Crippen LogP contribution in [0.4, 0.5) is 5.69 Å². The number of amides is 2. The van der Waals surface area contributed by atoms with E-state index in [0.29, 0.717) is 18.7 Å². The molecule has 2 amide bonds. The predicted molar refractivity (Wildman–Crippen MR) is 78.8 cm³/mol. The molecule has 1 rings (SSSR count). The number of rotatable bonds is 7. The third-order valence-electron chi connectivity index (χ3n) is 2.63. The van der Waals surface area contributed by atoms with Crippen LogP contribution < -0.4 is 16.0 Å². The molecule has 0 aliphatic rings. The molecule has 0 bridgehead atoms. The second-order valence-corrected chi connectivity index (χ2v) is 4.43. The largest absolute Gasteiger partial charge is 0.385 e. The molecule has 0 saturated carbocycles. The summed E-state index contributed by atoms with van der Waals surface area (Å²) in [4.78, 5) is 27.6. The Morgan fingerprint density at radius 1 is 1.25 bits per heavy atom. The second kappa shape index (κ2) is 8.14. The average Bonchev–Trinajstić information content (AvgIpc) is 2.43. The van der Waals surface area contributed by atoms with Crippen molar-refractivity contribution in [2.24, 2.45) is 0 Å². The van der Waals surface area contributed by atoms with E-state index >= 15 is 0 Å². The lowest BCUT2D eigenvalue weighted by molar-refractivity contribution is -0.120. The predicted octanol–water partition coefficient (Wildman–Crippen LogP) is 1.08. The maximum atomic E-state index is 12.1. The molecule has 20 heavy (non-hydrogen) atoms. The van der Waals surface area contributed by atoms with Crippen molar-refractivity contribution in [3.8, 4) is 0 Å². The topological polar surface area (TPSA) is 83.1 Å². The molecular formula is C14H22N4O2. The molecule has 110 valence electrons. The van der Waals surface area contributed by atoms with E-state index < -0.39 is 0 Å². The van der Waals surface area contributed by atoms with Gasteiger partial charge in [-0.3, -0.25) is 14.6 Å². The maximum Gasteiger partial charge on any atom is 0.255 e. The van der Waals surface area contributed by atoms with E-state index in [4.69, 9.17) is 0 Å². The number of nitrogens with one attached hydrogen (secondary N) is 3. The highest BCUT2D eigenvalue weighted by atomic mass is 16.2. The van der Waals surface area contributed by atoms with Crippen molar-refractivity contribution >= 4 is 17.5 Å². The molecule has 6 nitrogen and oxygen atoms in total. The molecule has 1 aromatic heterocycles. The van der Waals surface area contributed by atoms with E-state index in [1.165, 1.54) is 6.20 Å². The molecule has 0 aliphatic heterocycles. The molecule has 0 aliphatic carbocycles. The fourth-order valence-corrected chi connectivity index (χ4v) is 1.66. The SMILES string of the molecule is CCCNC(=O)CNC(=O)c1cnc(C)cc1NCC. The van der Waals surface area contributed by atoms with Gasteiger partial charge in [0.2, 0.25) is 5.91 Å². The van der Waals surface area contributed by atoms with Gasteiger partial charge in [-0.1, -0.05) is 6.92 Å². The Labute approximate surface area is 119 Å². The van der Waals surface area contributed by atoms with E-state index in [2.05, 4.69) is 20.9 Å². The minimum atomic E-state index is -0.305. The van der Waals surface area contributed by atoms with Crippen molar-refractivity contribution in [3.05, 3.63) is 23.5 Å². The first-order valence-corrected chi connectivity index (χ1v) is 6.83. The van der Waals surface area contributed by atoms with Gasteiger partial charge < -0.3 is 16.0 Å². The molecule has 0 aromatic carbocycles. The summed E-state index contributed by atoms with van der Waals surface area (Å²) in [6, 6.07) is 1.82. The first kappa shape index (κ1) is 15.9. The normalized spacial score (nSPS) is 9.95. The van der Waals surface area contributed by atoms with Crippen LogP contribution in [0, 0.1) is 6.92 Å². The van der Waals surface area contributed by atoms with Gasteiger partial charge >= 0.3 is 0 Å². The van der Waals surface area contributed by atoms with E-state index in [0.717, 1.165) is 17.8 Å². The lowest BCUT2D eigenvalue weighted by Gasteiger charge is -2.11. The highest BCUT2D eigenvalue weighted by molar-refractivity contribution is 6.00. The summed E-state index contributed by atoms with van der Waals surface area (Å²) >= 11 is 0. The van der Waals surface area contributed by atoms with Gasteiger partial charge in [-0.05, 0) is 26.3 Å². The molecule has 0 unspecified atom stereocenters. The van der Waals surface area contributed by atoms with Crippen molar-refractivity contribution in [1.29, 1.82) is 0 Å². The quantitative estimate of drug-likeness (QED) is 0.697. The van der Waals surface area contributed by atoms with Crippen LogP contribution in [-0.4, -0.2) is 36.4 Å². The Balaban J connectivity index is 2.65. The van der Waals surface area contributed by atoms with Crippen LogP contribution in [0.15, 0.2) is 12.3 Å². The van der Waals surface area contributed by atoms with E-state index in [1.807, 2.05) is 26.8 Å². The lowest BCUT2D eigenvalue weighted by Crippen LogP contribution is -2.37. The molecule has 6 heteroatoms. The third-order valence-corrected chi connectivity index (χ3v) is 2.63. The molecule has 0 spiro atoms. The number of aromatic nitrogens is 1. The standard InChI is InChI=1S/C14H22N4O2/c1-4-6-16-13(19)9-18-14(20)11-8-17-10(3)7-12(11)15-5-2/h7-8H,4-6,9H2,1-3H3,(H,15,17)(H,16,19)(H,18,20). The van der Waals surface area contributed by atoms with E-state index in [9.17, 15) is 9.59 Å². The van der Waals surface area contributed by atoms with Crippen molar-refractivity contribution in [1.82, 2.24) is 15.6 Å². The maximum absolute atomic E-state index is 12.1. The van der Waals surface area contributed by atoms with Gasteiger partial charge in [0.05, 0.1) is 17.8 Å². The zero-order valence-electron chi connectivity index (χ0n) is 12.2. The molecule has 1 heterocycles. The molecule has 0 atom stereocenters.